The Morgan fingerprint density at radius 3 is 2.09 bits per heavy atom. The molecule has 2 aromatic carbocycles. The molecule has 1 atom stereocenters. The molecule has 5 N–H and O–H groups in total. The first kappa shape index (κ1) is 18.7. The first-order valence-electron chi connectivity index (χ1n) is 7.03. The second-order valence-corrected chi connectivity index (χ2v) is 5.02. The highest BCUT2D eigenvalue weighted by molar-refractivity contribution is 5.97. The number of amides is 2. The van der Waals surface area contributed by atoms with E-state index in [-0.39, 0.29) is 18.3 Å². The largest absolute Gasteiger partial charge is 0.368 e. The standard InChI is InChI=1S/C17H19N3O2.ClH/c18-11-13-6-8-14(9-7-13)17(22)20-15(16(19)21)10-12-4-2-1-3-5-12;/h1-9,15H,10-11,18H2,(H2,19,21)(H,20,22);1H/t15-;/m0./s1. The Kier molecular flexibility index (Phi) is 7.25. The lowest BCUT2D eigenvalue weighted by molar-refractivity contribution is -0.119. The van der Waals surface area contributed by atoms with Crippen molar-refractivity contribution >= 4 is 24.2 Å². The minimum atomic E-state index is -0.746. The Labute approximate surface area is 141 Å². The molecule has 0 saturated heterocycles. The fourth-order valence-corrected chi connectivity index (χ4v) is 2.11. The van der Waals surface area contributed by atoms with Crippen LogP contribution in [0.15, 0.2) is 54.6 Å². The number of hydrogen-bond acceptors (Lipinski definition) is 3. The number of benzene rings is 2. The molecule has 0 aliphatic rings. The fraction of sp³-hybridized carbons (Fsp3) is 0.176. The van der Waals surface area contributed by atoms with E-state index >= 15 is 0 Å². The van der Waals surface area contributed by atoms with E-state index in [4.69, 9.17) is 11.5 Å². The molecule has 23 heavy (non-hydrogen) atoms. The number of primary amides is 1. The molecule has 0 unspecified atom stereocenters. The van der Waals surface area contributed by atoms with Gasteiger partial charge in [0.1, 0.15) is 6.04 Å². The summed E-state index contributed by atoms with van der Waals surface area (Å²) >= 11 is 0. The molecule has 0 saturated carbocycles. The maximum absolute atomic E-state index is 12.2. The Hall–Kier alpha value is -2.37. The van der Waals surface area contributed by atoms with E-state index < -0.39 is 11.9 Å². The summed E-state index contributed by atoms with van der Waals surface area (Å²) in [4.78, 5) is 23.8. The summed E-state index contributed by atoms with van der Waals surface area (Å²) < 4.78 is 0. The van der Waals surface area contributed by atoms with Crippen LogP contribution in [0.2, 0.25) is 0 Å². The van der Waals surface area contributed by atoms with Crippen molar-refractivity contribution in [2.75, 3.05) is 0 Å². The van der Waals surface area contributed by atoms with Crippen molar-refractivity contribution in [1.29, 1.82) is 0 Å². The van der Waals surface area contributed by atoms with E-state index in [0.717, 1.165) is 11.1 Å². The molecule has 0 aliphatic heterocycles. The average Bonchev–Trinajstić information content (AvgIpc) is 2.55. The van der Waals surface area contributed by atoms with Crippen LogP contribution in [0, 0.1) is 0 Å². The summed E-state index contributed by atoms with van der Waals surface area (Å²) in [6.07, 6.45) is 0.364. The summed E-state index contributed by atoms with van der Waals surface area (Å²) in [6.45, 7) is 0.416. The van der Waals surface area contributed by atoms with Crippen molar-refractivity contribution in [3.05, 3.63) is 71.3 Å². The zero-order valence-electron chi connectivity index (χ0n) is 12.6. The minimum absolute atomic E-state index is 0. The normalized spacial score (nSPS) is 11.2. The first-order valence-corrected chi connectivity index (χ1v) is 7.03. The topological polar surface area (TPSA) is 98.2 Å². The van der Waals surface area contributed by atoms with Crippen molar-refractivity contribution in [3.8, 4) is 0 Å². The smallest absolute Gasteiger partial charge is 0.251 e. The summed E-state index contributed by atoms with van der Waals surface area (Å²) in [5.74, 6) is -0.890. The molecule has 122 valence electrons. The SMILES string of the molecule is Cl.NCc1ccc(C(=O)N[C@@H](Cc2ccccc2)C(N)=O)cc1. The van der Waals surface area contributed by atoms with Gasteiger partial charge in [0, 0.05) is 18.5 Å². The van der Waals surface area contributed by atoms with Gasteiger partial charge in [0.2, 0.25) is 5.91 Å². The second kappa shape index (κ2) is 8.92. The number of nitrogens with one attached hydrogen (secondary N) is 1. The number of nitrogens with two attached hydrogens (primary N) is 2. The van der Waals surface area contributed by atoms with Gasteiger partial charge in [0.25, 0.3) is 5.91 Å². The number of halogens is 1. The molecule has 0 bridgehead atoms. The molecule has 5 nitrogen and oxygen atoms in total. The molecule has 0 radical (unpaired) electrons. The average molecular weight is 334 g/mol. The van der Waals surface area contributed by atoms with Gasteiger partial charge in [-0.3, -0.25) is 9.59 Å². The summed E-state index contributed by atoms with van der Waals surface area (Å²) in [7, 11) is 0. The van der Waals surface area contributed by atoms with E-state index in [1.807, 2.05) is 30.3 Å². The van der Waals surface area contributed by atoms with Crippen molar-refractivity contribution in [2.24, 2.45) is 11.5 Å². The Morgan fingerprint density at radius 2 is 1.57 bits per heavy atom. The van der Waals surface area contributed by atoms with Crippen molar-refractivity contribution in [1.82, 2.24) is 5.32 Å². The van der Waals surface area contributed by atoms with Crippen molar-refractivity contribution in [2.45, 2.75) is 19.0 Å². The fourth-order valence-electron chi connectivity index (χ4n) is 2.11. The molecule has 0 spiro atoms. The summed E-state index contributed by atoms with van der Waals surface area (Å²) in [6, 6.07) is 15.6. The third-order valence-corrected chi connectivity index (χ3v) is 3.38. The molecule has 2 rings (SSSR count). The molecule has 2 aromatic rings. The van der Waals surface area contributed by atoms with Gasteiger partial charge in [-0.1, -0.05) is 42.5 Å². The Balaban J connectivity index is 0.00000264. The van der Waals surface area contributed by atoms with Gasteiger partial charge in [0.05, 0.1) is 0 Å². The third-order valence-electron chi connectivity index (χ3n) is 3.38. The van der Waals surface area contributed by atoms with Crippen LogP contribution in [0.1, 0.15) is 21.5 Å². The lowest BCUT2D eigenvalue weighted by Crippen LogP contribution is -2.45. The maximum atomic E-state index is 12.2. The van der Waals surface area contributed by atoms with Crippen LogP contribution in [0.3, 0.4) is 0 Å². The molecule has 0 fully saturated rings. The van der Waals surface area contributed by atoms with E-state index in [2.05, 4.69) is 5.32 Å². The number of rotatable bonds is 6. The van der Waals surface area contributed by atoms with Gasteiger partial charge >= 0.3 is 0 Å². The Bertz CT molecular complexity index is 645. The molecule has 0 heterocycles. The van der Waals surface area contributed by atoms with Crippen LogP contribution in [0.4, 0.5) is 0 Å². The van der Waals surface area contributed by atoms with Crippen LogP contribution in [0.25, 0.3) is 0 Å². The zero-order valence-corrected chi connectivity index (χ0v) is 13.4. The van der Waals surface area contributed by atoms with Crippen molar-refractivity contribution < 1.29 is 9.59 Å². The van der Waals surface area contributed by atoms with Crippen LogP contribution >= 0.6 is 12.4 Å². The molecular weight excluding hydrogens is 314 g/mol. The maximum Gasteiger partial charge on any atom is 0.251 e. The highest BCUT2D eigenvalue weighted by Crippen LogP contribution is 2.07. The van der Waals surface area contributed by atoms with Crippen LogP contribution in [-0.4, -0.2) is 17.9 Å². The third kappa shape index (κ3) is 5.39. The molecule has 0 aromatic heterocycles. The van der Waals surface area contributed by atoms with Crippen LogP contribution < -0.4 is 16.8 Å². The lowest BCUT2D eigenvalue weighted by Gasteiger charge is -2.15. The Morgan fingerprint density at radius 1 is 0.957 bits per heavy atom. The number of carbonyl (C=O) groups excluding carboxylic acids is 2. The van der Waals surface area contributed by atoms with Gasteiger partial charge in [-0.05, 0) is 23.3 Å². The zero-order chi connectivity index (χ0) is 15.9. The van der Waals surface area contributed by atoms with Gasteiger partial charge in [-0.25, -0.2) is 0 Å². The van der Waals surface area contributed by atoms with Gasteiger partial charge in [-0.2, -0.15) is 0 Å². The molecule has 6 heteroatoms. The molecular formula is C17H20ClN3O2. The number of hydrogen-bond donors (Lipinski definition) is 3. The first-order chi connectivity index (χ1) is 10.6. The predicted octanol–water partition coefficient (Wildman–Crippen LogP) is 1.39. The van der Waals surface area contributed by atoms with Gasteiger partial charge in [0.15, 0.2) is 0 Å². The van der Waals surface area contributed by atoms with Crippen molar-refractivity contribution in [3.63, 3.8) is 0 Å². The monoisotopic (exact) mass is 333 g/mol. The summed E-state index contributed by atoms with van der Waals surface area (Å²) in [5, 5.41) is 2.67. The van der Waals surface area contributed by atoms with E-state index in [1.54, 1.807) is 24.3 Å². The van der Waals surface area contributed by atoms with E-state index in [1.165, 1.54) is 0 Å². The minimum Gasteiger partial charge on any atom is -0.368 e. The quantitative estimate of drug-likeness (QED) is 0.745. The second-order valence-electron chi connectivity index (χ2n) is 5.02. The van der Waals surface area contributed by atoms with Gasteiger partial charge < -0.3 is 16.8 Å². The van der Waals surface area contributed by atoms with E-state index in [0.29, 0.717) is 18.5 Å². The lowest BCUT2D eigenvalue weighted by atomic mass is 10.0. The number of carbonyl (C=O) groups is 2. The summed E-state index contributed by atoms with van der Waals surface area (Å²) in [5.41, 5.74) is 13.2. The van der Waals surface area contributed by atoms with Crippen LogP contribution in [0.5, 0.6) is 0 Å². The molecule has 2 amide bonds. The van der Waals surface area contributed by atoms with Gasteiger partial charge in [-0.15, -0.1) is 12.4 Å². The molecule has 0 aliphatic carbocycles. The van der Waals surface area contributed by atoms with Crippen LogP contribution in [-0.2, 0) is 17.8 Å². The highest BCUT2D eigenvalue weighted by Gasteiger charge is 2.19. The van der Waals surface area contributed by atoms with E-state index in [9.17, 15) is 9.59 Å². The predicted molar refractivity (Wildman–Crippen MR) is 92.2 cm³/mol. The highest BCUT2D eigenvalue weighted by atomic mass is 35.5.